The molecule has 3 aliphatic heterocycles. The van der Waals surface area contributed by atoms with Gasteiger partial charge < -0.3 is 10.6 Å². The fourth-order valence-electron chi connectivity index (χ4n) is 4.75. The Morgan fingerprint density at radius 3 is 2.55 bits per heavy atom. The molecule has 3 fully saturated rings. The van der Waals surface area contributed by atoms with Gasteiger partial charge in [0.25, 0.3) is 0 Å². The second kappa shape index (κ2) is 8.17. The number of hydrazine groups is 1. The predicted octanol–water partition coefficient (Wildman–Crippen LogP) is 1.86. The Morgan fingerprint density at radius 1 is 1.26 bits per heavy atom. The van der Waals surface area contributed by atoms with Crippen molar-refractivity contribution in [2.45, 2.75) is 44.4 Å². The normalized spacial score (nSPS) is 31.7. The zero-order chi connectivity index (χ0) is 22.6. The van der Waals surface area contributed by atoms with Crippen molar-refractivity contribution in [3.05, 3.63) is 34.3 Å². The summed E-state index contributed by atoms with van der Waals surface area (Å²) in [4.78, 5) is 17.2. The van der Waals surface area contributed by atoms with Gasteiger partial charge in [0.1, 0.15) is 6.29 Å². The number of benzene rings is 1. The van der Waals surface area contributed by atoms with Crippen LogP contribution in [0, 0.1) is 11.3 Å². The van der Waals surface area contributed by atoms with Crippen LogP contribution in [0.15, 0.2) is 18.2 Å². The molecule has 0 radical (unpaired) electrons. The van der Waals surface area contributed by atoms with Crippen LogP contribution >= 0.6 is 11.6 Å². The number of fused-ring (bicyclic) bond motifs is 1. The minimum atomic E-state index is -4.57. The van der Waals surface area contributed by atoms with E-state index in [1.54, 1.807) is 11.9 Å². The topological polar surface area (TPSA) is 85.7 Å². The van der Waals surface area contributed by atoms with E-state index >= 15 is 0 Å². The number of nitrogens with zero attached hydrogens (tertiary/aromatic N) is 2. The average molecular weight is 461 g/mol. The fraction of sp³-hybridized carbons (Fsp3) is 0.650. The summed E-state index contributed by atoms with van der Waals surface area (Å²) in [7, 11) is 1.72. The van der Waals surface area contributed by atoms with Crippen molar-refractivity contribution in [1.82, 2.24) is 26.0 Å². The Bertz CT molecular complexity index is 845. The second-order valence-corrected chi connectivity index (χ2v) is 9.39. The number of amides is 1. The van der Waals surface area contributed by atoms with Gasteiger partial charge in [-0.25, -0.2) is 10.9 Å². The molecule has 31 heavy (non-hydrogen) atoms. The van der Waals surface area contributed by atoms with Crippen molar-refractivity contribution >= 4 is 17.5 Å². The summed E-state index contributed by atoms with van der Waals surface area (Å²) in [5, 5.41) is 3.05. The number of alkyl halides is 3. The first-order chi connectivity index (χ1) is 14.6. The van der Waals surface area contributed by atoms with Gasteiger partial charge in [0, 0.05) is 20.1 Å². The zero-order valence-electron chi connectivity index (χ0n) is 17.5. The van der Waals surface area contributed by atoms with Crippen LogP contribution in [0.3, 0.4) is 0 Å². The molecule has 1 aromatic rings. The van der Waals surface area contributed by atoms with Gasteiger partial charge in [-0.3, -0.25) is 15.0 Å². The molecule has 172 valence electrons. The lowest BCUT2D eigenvalue weighted by molar-refractivity contribution is -0.151. The van der Waals surface area contributed by atoms with Gasteiger partial charge in [-0.15, -0.1) is 0 Å². The number of likely N-dealkylation sites (tertiary alicyclic amines) is 1. The average Bonchev–Trinajstić information content (AvgIpc) is 3.14. The van der Waals surface area contributed by atoms with E-state index in [4.69, 9.17) is 17.3 Å². The summed E-state index contributed by atoms with van der Waals surface area (Å²) in [5.74, 6) is -0.793. The summed E-state index contributed by atoms with van der Waals surface area (Å²) in [6, 6.07) is 3.09. The van der Waals surface area contributed by atoms with Crippen molar-refractivity contribution < 1.29 is 18.0 Å². The number of nitrogens with two attached hydrogens (primary N) is 1. The van der Waals surface area contributed by atoms with Crippen molar-refractivity contribution in [3.63, 3.8) is 0 Å². The molecule has 1 amide bonds. The van der Waals surface area contributed by atoms with Crippen molar-refractivity contribution in [1.29, 1.82) is 0 Å². The highest BCUT2D eigenvalue weighted by molar-refractivity contribution is 6.32. The SMILES string of the molecule is CN1C(=O)C2C(NNC2c2cccc(C(F)(F)F)c2Cl)NC1N1CCC(C)(CN)CC1. The number of hydrogen-bond acceptors (Lipinski definition) is 6. The molecule has 4 unspecified atom stereocenters. The number of carbonyl (C=O) groups excluding carboxylic acids is 1. The summed E-state index contributed by atoms with van der Waals surface area (Å²) in [5.41, 5.74) is 11.4. The molecule has 0 spiro atoms. The number of halogens is 4. The monoisotopic (exact) mass is 460 g/mol. The maximum Gasteiger partial charge on any atom is 0.417 e. The highest BCUT2D eigenvalue weighted by Crippen LogP contribution is 2.42. The molecule has 11 heteroatoms. The zero-order valence-corrected chi connectivity index (χ0v) is 18.2. The van der Waals surface area contributed by atoms with Crippen molar-refractivity contribution in [3.8, 4) is 0 Å². The van der Waals surface area contributed by atoms with Crippen LogP contribution < -0.4 is 21.9 Å². The van der Waals surface area contributed by atoms with E-state index in [0.29, 0.717) is 6.54 Å². The van der Waals surface area contributed by atoms with E-state index in [-0.39, 0.29) is 28.2 Å². The minimum Gasteiger partial charge on any atom is -0.330 e. The molecule has 7 nitrogen and oxygen atoms in total. The van der Waals surface area contributed by atoms with Gasteiger partial charge in [0.05, 0.1) is 28.7 Å². The molecule has 0 bridgehead atoms. The first kappa shape index (κ1) is 22.8. The molecule has 0 saturated carbocycles. The van der Waals surface area contributed by atoms with Gasteiger partial charge in [-0.2, -0.15) is 13.2 Å². The predicted molar refractivity (Wildman–Crippen MR) is 110 cm³/mol. The third kappa shape index (κ3) is 4.05. The highest BCUT2D eigenvalue weighted by atomic mass is 35.5. The number of piperidine rings is 1. The lowest BCUT2D eigenvalue weighted by atomic mass is 9.80. The third-order valence-electron chi connectivity index (χ3n) is 6.95. The molecule has 1 aromatic carbocycles. The van der Waals surface area contributed by atoms with E-state index < -0.39 is 29.9 Å². The Morgan fingerprint density at radius 2 is 1.94 bits per heavy atom. The number of nitrogens with one attached hydrogen (secondary N) is 3. The number of rotatable bonds is 3. The van der Waals surface area contributed by atoms with Gasteiger partial charge in [-0.05, 0) is 36.4 Å². The van der Waals surface area contributed by atoms with Crippen molar-refractivity contribution in [2.24, 2.45) is 17.1 Å². The Kier molecular flexibility index (Phi) is 5.99. The molecular formula is C20H28ClF3N6O. The van der Waals surface area contributed by atoms with E-state index in [2.05, 4.69) is 28.0 Å². The summed E-state index contributed by atoms with van der Waals surface area (Å²) < 4.78 is 39.9. The molecule has 5 N–H and O–H groups in total. The largest absolute Gasteiger partial charge is 0.417 e. The molecule has 4 atom stereocenters. The molecule has 3 heterocycles. The quantitative estimate of drug-likeness (QED) is 0.551. The van der Waals surface area contributed by atoms with Gasteiger partial charge in [-0.1, -0.05) is 30.7 Å². The first-order valence-corrected chi connectivity index (χ1v) is 10.8. The highest BCUT2D eigenvalue weighted by Gasteiger charge is 2.51. The van der Waals surface area contributed by atoms with Gasteiger partial charge in [0.15, 0.2) is 0 Å². The Labute approximate surface area is 184 Å². The third-order valence-corrected chi connectivity index (χ3v) is 7.38. The van der Waals surface area contributed by atoms with Crippen LogP contribution in [-0.4, -0.2) is 54.8 Å². The van der Waals surface area contributed by atoms with Crippen LogP contribution in [0.1, 0.15) is 36.9 Å². The van der Waals surface area contributed by atoms with E-state index in [1.807, 2.05) is 0 Å². The molecule has 3 aliphatic rings. The smallest absolute Gasteiger partial charge is 0.330 e. The van der Waals surface area contributed by atoms with Gasteiger partial charge in [0.2, 0.25) is 5.91 Å². The maximum absolute atomic E-state index is 13.3. The fourth-order valence-corrected chi connectivity index (χ4v) is 5.10. The molecule has 0 aliphatic carbocycles. The van der Waals surface area contributed by atoms with Crippen LogP contribution in [0.25, 0.3) is 0 Å². The Hall–Kier alpha value is -1.43. The van der Waals surface area contributed by atoms with Crippen LogP contribution in [0.2, 0.25) is 5.02 Å². The maximum atomic E-state index is 13.3. The van der Waals surface area contributed by atoms with Crippen LogP contribution in [0.4, 0.5) is 13.2 Å². The van der Waals surface area contributed by atoms with Crippen LogP contribution in [0.5, 0.6) is 0 Å². The summed E-state index contributed by atoms with van der Waals surface area (Å²) in [6.07, 6.45) is -3.44. The summed E-state index contributed by atoms with van der Waals surface area (Å²) in [6.45, 7) is 4.41. The Balaban J connectivity index is 1.54. The van der Waals surface area contributed by atoms with E-state index in [9.17, 15) is 18.0 Å². The van der Waals surface area contributed by atoms with Crippen LogP contribution in [-0.2, 0) is 11.0 Å². The second-order valence-electron chi connectivity index (χ2n) is 9.02. The van der Waals surface area contributed by atoms with E-state index in [1.165, 1.54) is 12.1 Å². The minimum absolute atomic E-state index is 0.106. The summed E-state index contributed by atoms with van der Waals surface area (Å²) >= 11 is 6.13. The number of hydrogen-bond donors (Lipinski definition) is 4. The number of carbonyl (C=O) groups is 1. The lowest BCUT2D eigenvalue weighted by Gasteiger charge is -2.49. The van der Waals surface area contributed by atoms with Gasteiger partial charge >= 0.3 is 6.18 Å². The molecule has 0 aromatic heterocycles. The molecule has 3 saturated heterocycles. The standard InChI is InChI=1S/C20H28ClF3N6O/c1-19(10-25)6-8-30(9-7-19)18-26-16-13(17(31)29(18)2)15(27-28-16)11-4-3-5-12(14(11)21)20(22,23)24/h3-5,13,15-16,18,26-28H,6-10,25H2,1-2H3. The van der Waals surface area contributed by atoms with Crippen molar-refractivity contribution in [2.75, 3.05) is 26.7 Å². The molecule has 4 rings (SSSR count). The van der Waals surface area contributed by atoms with E-state index in [0.717, 1.165) is 32.0 Å². The first-order valence-electron chi connectivity index (χ1n) is 10.4. The lowest BCUT2D eigenvalue weighted by Crippen LogP contribution is -2.69. The molecular weight excluding hydrogens is 433 g/mol.